The van der Waals surface area contributed by atoms with E-state index in [1.165, 1.54) is 38.3 Å². The SMILES string of the molecule is COc1ccc(NC(=O)[C@@H](NC(C)=O)C(=O)Nc2ccc(F)cc2)cc1. The van der Waals surface area contributed by atoms with Gasteiger partial charge in [0.05, 0.1) is 7.11 Å². The van der Waals surface area contributed by atoms with Gasteiger partial charge in [0.25, 0.3) is 11.8 Å². The number of rotatable bonds is 6. The summed E-state index contributed by atoms with van der Waals surface area (Å²) >= 11 is 0. The minimum atomic E-state index is -1.46. The number of hydrogen-bond acceptors (Lipinski definition) is 4. The number of nitrogens with one attached hydrogen (secondary N) is 3. The fraction of sp³-hybridized carbons (Fsp3) is 0.167. The van der Waals surface area contributed by atoms with Gasteiger partial charge >= 0.3 is 0 Å². The highest BCUT2D eigenvalue weighted by Gasteiger charge is 2.27. The monoisotopic (exact) mass is 359 g/mol. The molecule has 0 radical (unpaired) electrons. The van der Waals surface area contributed by atoms with Gasteiger partial charge in [-0.05, 0) is 48.5 Å². The Balaban J connectivity index is 2.10. The normalized spacial score (nSPS) is 11.2. The average Bonchev–Trinajstić information content (AvgIpc) is 2.62. The van der Waals surface area contributed by atoms with E-state index in [0.717, 1.165) is 0 Å². The summed E-state index contributed by atoms with van der Waals surface area (Å²) in [5.41, 5.74) is 0.727. The molecule has 2 aromatic rings. The van der Waals surface area contributed by atoms with Crippen LogP contribution in [0.5, 0.6) is 5.75 Å². The van der Waals surface area contributed by atoms with Crippen molar-refractivity contribution in [3.8, 4) is 5.75 Å². The van der Waals surface area contributed by atoms with Crippen molar-refractivity contribution < 1.29 is 23.5 Å². The number of halogens is 1. The Morgan fingerprint density at radius 1 is 0.885 bits per heavy atom. The Kier molecular flexibility index (Phi) is 6.26. The van der Waals surface area contributed by atoms with Gasteiger partial charge in [-0.3, -0.25) is 14.4 Å². The molecule has 3 amide bonds. The van der Waals surface area contributed by atoms with Crippen molar-refractivity contribution in [2.45, 2.75) is 13.0 Å². The summed E-state index contributed by atoms with van der Waals surface area (Å²) in [6.45, 7) is 1.19. The van der Waals surface area contributed by atoms with E-state index in [9.17, 15) is 18.8 Å². The maximum absolute atomic E-state index is 12.9. The topological polar surface area (TPSA) is 96.5 Å². The van der Waals surface area contributed by atoms with Crippen molar-refractivity contribution in [1.82, 2.24) is 5.32 Å². The maximum Gasteiger partial charge on any atom is 0.256 e. The van der Waals surface area contributed by atoms with Gasteiger partial charge in [-0.1, -0.05) is 0 Å². The second-order valence-electron chi connectivity index (χ2n) is 5.35. The lowest BCUT2D eigenvalue weighted by molar-refractivity contribution is -0.131. The predicted octanol–water partition coefficient (Wildman–Crippen LogP) is 1.92. The second-order valence-corrected chi connectivity index (χ2v) is 5.35. The molecule has 0 bridgehead atoms. The molecule has 0 aliphatic heterocycles. The Hall–Kier alpha value is -3.42. The number of anilines is 2. The molecule has 26 heavy (non-hydrogen) atoms. The molecule has 0 fully saturated rings. The highest BCUT2D eigenvalue weighted by Crippen LogP contribution is 2.15. The van der Waals surface area contributed by atoms with E-state index in [0.29, 0.717) is 17.1 Å². The van der Waals surface area contributed by atoms with Crippen molar-refractivity contribution in [1.29, 1.82) is 0 Å². The molecule has 2 aromatic carbocycles. The van der Waals surface area contributed by atoms with Crippen LogP contribution in [-0.4, -0.2) is 30.9 Å². The van der Waals surface area contributed by atoms with Crippen LogP contribution in [0.15, 0.2) is 48.5 Å². The average molecular weight is 359 g/mol. The molecule has 0 aliphatic carbocycles. The molecule has 0 aromatic heterocycles. The number of carbonyl (C=O) groups is 3. The van der Waals surface area contributed by atoms with E-state index >= 15 is 0 Å². The van der Waals surface area contributed by atoms with Crippen LogP contribution in [0.1, 0.15) is 6.92 Å². The fourth-order valence-electron chi connectivity index (χ4n) is 2.09. The van der Waals surface area contributed by atoms with E-state index in [1.54, 1.807) is 24.3 Å². The van der Waals surface area contributed by atoms with Gasteiger partial charge in [0, 0.05) is 18.3 Å². The van der Waals surface area contributed by atoms with Gasteiger partial charge < -0.3 is 20.7 Å². The zero-order chi connectivity index (χ0) is 19.1. The third-order valence-corrected chi connectivity index (χ3v) is 3.34. The molecule has 8 heteroatoms. The second kappa shape index (κ2) is 8.61. The third kappa shape index (κ3) is 5.30. The summed E-state index contributed by atoms with van der Waals surface area (Å²) in [5, 5.41) is 7.29. The standard InChI is InChI=1S/C18H18FN3O4/c1-11(23)20-16(17(24)21-13-5-3-12(19)4-6-13)18(25)22-14-7-9-15(26-2)10-8-14/h3-10,16H,1-2H3,(H,20,23)(H,21,24)(H,22,25)/t16-/m0/s1. The van der Waals surface area contributed by atoms with Gasteiger partial charge in [-0.15, -0.1) is 0 Å². The Bertz CT molecular complexity index is 791. The first-order chi connectivity index (χ1) is 12.4. The van der Waals surface area contributed by atoms with Crippen LogP contribution < -0.4 is 20.7 Å². The van der Waals surface area contributed by atoms with Gasteiger partial charge in [0.1, 0.15) is 11.6 Å². The van der Waals surface area contributed by atoms with Crippen molar-refractivity contribution in [2.24, 2.45) is 0 Å². The zero-order valence-electron chi connectivity index (χ0n) is 14.2. The van der Waals surface area contributed by atoms with Crippen molar-refractivity contribution >= 4 is 29.1 Å². The number of benzene rings is 2. The van der Waals surface area contributed by atoms with Crippen LogP contribution in [0.4, 0.5) is 15.8 Å². The van der Waals surface area contributed by atoms with Crippen molar-refractivity contribution in [2.75, 3.05) is 17.7 Å². The minimum absolute atomic E-state index is 0.295. The molecule has 0 heterocycles. The quantitative estimate of drug-likeness (QED) is 0.687. The minimum Gasteiger partial charge on any atom is -0.497 e. The molecule has 1 atom stereocenters. The van der Waals surface area contributed by atoms with Gasteiger partial charge in [-0.2, -0.15) is 0 Å². The third-order valence-electron chi connectivity index (χ3n) is 3.34. The molecule has 3 N–H and O–H groups in total. The van der Waals surface area contributed by atoms with Crippen LogP contribution in [0.25, 0.3) is 0 Å². The smallest absolute Gasteiger partial charge is 0.256 e. The van der Waals surface area contributed by atoms with Crippen LogP contribution >= 0.6 is 0 Å². The Morgan fingerprint density at radius 3 is 1.77 bits per heavy atom. The highest BCUT2D eigenvalue weighted by molar-refractivity contribution is 6.15. The van der Waals surface area contributed by atoms with E-state index < -0.39 is 29.6 Å². The van der Waals surface area contributed by atoms with Crippen LogP contribution in [0.2, 0.25) is 0 Å². The lowest BCUT2D eigenvalue weighted by atomic mass is 10.2. The molecule has 0 spiro atoms. The zero-order valence-corrected chi connectivity index (χ0v) is 14.2. The Labute approximate surface area is 149 Å². The van der Waals surface area contributed by atoms with E-state index in [1.807, 2.05) is 0 Å². The molecule has 0 saturated carbocycles. The molecule has 0 unspecified atom stereocenters. The molecule has 136 valence electrons. The molecular formula is C18H18FN3O4. The first kappa shape index (κ1) is 18.9. The summed E-state index contributed by atoms with van der Waals surface area (Å²) in [5.74, 6) is -1.87. The van der Waals surface area contributed by atoms with Crippen LogP contribution in [0.3, 0.4) is 0 Å². The van der Waals surface area contributed by atoms with Gasteiger partial charge in [-0.25, -0.2) is 4.39 Å². The molecule has 0 aliphatic rings. The summed E-state index contributed by atoms with van der Waals surface area (Å²) < 4.78 is 18.0. The molecule has 7 nitrogen and oxygen atoms in total. The predicted molar refractivity (Wildman–Crippen MR) is 94.3 cm³/mol. The maximum atomic E-state index is 12.9. The largest absolute Gasteiger partial charge is 0.497 e. The number of carbonyl (C=O) groups excluding carboxylic acids is 3. The number of ether oxygens (including phenoxy) is 1. The Morgan fingerprint density at radius 2 is 1.35 bits per heavy atom. The fourth-order valence-corrected chi connectivity index (χ4v) is 2.09. The number of amides is 3. The summed E-state index contributed by atoms with van der Waals surface area (Å²) in [6.07, 6.45) is 0. The van der Waals surface area contributed by atoms with Crippen molar-refractivity contribution in [3.05, 3.63) is 54.3 Å². The number of hydrogen-bond donors (Lipinski definition) is 3. The lowest BCUT2D eigenvalue weighted by Crippen LogP contribution is -2.50. The molecular weight excluding hydrogens is 341 g/mol. The van der Waals surface area contributed by atoms with E-state index in [2.05, 4.69) is 16.0 Å². The summed E-state index contributed by atoms with van der Waals surface area (Å²) in [4.78, 5) is 36.1. The van der Waals surface area contributed by atoms with Gasteiger partial charge in [0.15, 0.2) is 6.04 Å². The van der Waals surface area contributed by atoms with Crippen molar-refractivity contribution in [3.63, 3.8) is 0 Å². The van der Waals surface area contributed by atoms with Gasteiger partial charge in [0.2, 0.25) is 5.91 Å². The summed E-state index contributed by atoms with van der Waals surface area (Å²) in [7, 11) is 1.51. The summed E-state index contributed by atoms with van der Waals surface area (Å²) in [6, 6.07) is 10.0. The van der Waals surface area contributed by atoms with Crippen LogP contribution in [0, 0.1) is 5.82 Å². The lowest BCUT2D eigenvalue weighted by Gasteiger charge is -2.17. The highest BCUT2D eigenvalue weighted by atomic mass is 19.1. The first-order valence-corrected chi connectivity index (χ1v) is 7.67. The molecule has 0 saturated heterocycles. The molecule has 2 rings (SSSR count). The van der Waals surface area contributed by atoms with E-state index in [4.69, 9.17) is 4.74 Å². The van der Waals surface area contributed by atoms with Crippen LogP contribution in [-0.2, 0) is 14.4 Å². The van der Waals surface area contributed by atoms with E-state index in [-0.39, 0.29) is 0 Å². The number of methoxy groups -OCH3 is 1. The first-order valence-electron chi connectivity index (χ1n) is 7.67.